The Hall–Kier alpha value is -2.86. The molecule has 1 aliphatic heterocycles. The number of carbonyl (C=O) groups is 2. The number of nitrogens with one attached hydrogen (secondary N) is 1. The maximum atomic E-state index is 12.4. The van der Waals surface area contributed by atoms with E-state index < -0.39 is 0 Å². The molecule has 0 spiro atoms. The predicted molar refractivity (Wildman–Crippen MR) is 107 cm³/mol. The zero-order valence-corrected chi connectivity index (χ0v) is 16.1. The Morgan fingerprint density at radius 1 is 1.14 bits per heavy atom. The van der Waals surface area contributed by atoms with Crippen molar-refractivity contribution >= 4 is 17.5 Å². The van der Waals surface area contributed by atoms with Gasteiger partial charge in [-0.1, -0.05) is 30.3 Å². The lowest BCUT2D eigenvalue weighted by atomic mass is 10.1. The molecule has 0 bridgehead atoms. The van der Waals surface area contributed by atoms with E-state index in [1.807, 2.05) is 54.6 Å². The zero-order chi connectivity index (χ0) is 19.8. The van der Waals surface area contributed by atoms with Gasteiger partial charge in [-0.2, -0.15) is 0 Å². The summed E-state index contributed by atoms with van der Waals surface area (Å²) in [6.45, 7) is 2.06. The zero-order valence-electron chi connectivity index (χ0n) is 16.1. The van der Waals surface area contributed by atoms with E-state index in [0.717, 1.165) is 23.4 Å². The monoisotopic (exact) mass is 382 g/mol. The Labute approximate surface area is 165 Å². The summed E-state index contributed by atoms with van der Waals surface area (Å²) in [5.74, 6) is 0.320. The van der Waals surface area contributed by atoms with Gasteiger partial charge in [-0.25, -0.2) is 0 Å². The highest BCUT2D eigenvalue weighted by Gasteiger charge is 2.34. The molecule has 1 unspecified atom stereocenters. The van der Waals surface area contributed by atoms with Crippen LogP contribution in [0, 0.1) is 5.92 Å². The lowest BCUT2D eigenvalue weighted by molar-refractivity contribution is -0.126. The number of hydrogen-bond donors (Lipinski definition) is 1. The minimum Gasteiger partial charge on any atom is -0.489 e. The van der Waals surface area contributed by atoms with Crippen LogP contribution in [0.25, 0.3) is 0 Å². The number of anilines is 1. The first-order chi connectivity index (χ1) is 13.7. The van der Waals surface area contributed by atoms with E-state index in [-0.39, 0.29) is 24.2 Å². The molecule has 1 heterocycles. The number of methoxy groups -OCH3 is 1. The van der Waals surface area contributed by atoms with Crippen molar-refractivity contribution in [2.24, 2.45) is 5.92 Å². The number of amides is 2. The van der Waals surface area contributed by atoms with Crippen molar-refractivity contribution in [3.05, 3.63) is 60.2 Å². The molecule has 0 aromatic heterocycles. The van der Waals surface area contributed by atoms with E-state index in [1.54, 1.807) is 12.0 Å². The fraction of sp³-hybridized carbons (Fsp3) is 0.364. The largest absolute Gasteiger partial charge is 0.489 e. The molecule has 2 aromatic rings. The number of benzene rings is 2. The maximum Gasteiger partial charge on any atom is 0.227 e. The molecule has 1 N–H and O–H groups in total. The third-order valence-corrected chi connectivity index (χ3v) is 4.72. The Bertz CT molecular complexity index is 777. The Morgan fingerprint density at radius 2 is 1.89 bits per heavy atom. The molecule has 0 saturated carbocycles. The molecular formula is C22H26N2O4. The van der Waals surface area contributed by atoms with Crippen LogP contribution in [0.15, 0.2) is 54.6 Å². The van der Waals surface area contributed by atoms with Crippen molar-refractivity contribution in [2.75, 3.05) is 31.7 Å². The van der Waals surface area contributed by atoms with Crippen molar-refractivity contribution in [1.82, 2.24) is 5.32 Å². The molecule has 0 aliphatic carbocycles. The fourth-order valence-corrected chi connectivity index (χ4v) is 3.17. The summed E-state index contributed by atoms with van der Waals surface area (Å²) in [5.41, 5.74) is 1.88. The molecule has 1 fully saturated rings. The maximum absolute atomic E-state index is 12.4. The number of hydrogen-bond acceptors (Lipinski definition) is 4. The topological polar surface area (TPSA) is 67.9 Å². The predicted octanol–water partition coefficient (Wildman–Crippen LogP) is 2.77. The van der Waals surface area contributed by atoms with E-state index in [2.05, 4.69) is 5.32 Å². The summed E-state index contributed by atoms with van der Waals surface area (Å²) in [4.78, 5) is 26.3. The highest BCUT2D eigenvalue weighted by atomic mass is 16.5. The van der Waals surface area contributed by atoms with Crippen molar-refractivity contribution < 1.29 is 19.1 Å². The van der Waals surface area contributed by atoms with Gasteiger partial charge in [-0.15, -0.1) is 0 Å². The normalized spacial score (nSPS) is 16.2. The third-order valence-electron chi connectivity index (χ3n) is 4.72. The number of rotatable bonds is 9. The van der Waals surface area contributed by atoms with Crippen LogP contribution < -0.4 is 15.0 Å². The average molecular weight is 382 g/mol. The van der Waals surface area contributed by atoms with E-state index >= 15 is 0 Å². The summed E-state index contributed by atoms with van der Waals surface area (Å²) < 4.78 is 10.8. The first-order valence-corrected chi connectivity index (χ1v) is 9.51. The van der Waals surface area contributed by atoms with E-state index in [9.17, 15) is 9.59 Å². The second kappa shape index (κ2) is 9.90. The van der Waals surface area contributed by atoms with Crippen LogP contribution in [0.5, 0.6) is 5.75 Å². The number of nitrogens with zero attached hydrogens (tertiary/aromatic N) is 1. The molecular weight excluding hydrogens is 356 g/mol. The second-order valence-electron chi connectivity index (χ2n) is 6.81. The van der Waals surface area contributed by atoms with Crippen molar-refractivity contribution in [2.45, 2.75) is 19.4 Å². The Morgan fingerprint density at radius 3 is 2.61 bits per heavy atom. The quantitative estimate of drug-likeness (QED) is 0.677. The molecule has 0 radical (unpaired) electrons. The minimum atomic E-state index is -0.316. The van der Waals surface area contributed by atoms with Crippen LogP contribution in [0.4, 0.5) is 5.69 Å². The van der Waals surface area contributed by atoms with Crippen molar-refractivity contribution in [1.29, 1.82) is 0 Å². The summed E-state index contributed by atoms with van der Waals surface area (Å²) >= 11 is 0. The second-order valence-corrected chi connectivity index (χ2v) is 6.81. The van der Waals surface area contributed by atoms with Crippen molar-refractivity contribution in [3.63, 3.8) is 0 Å². The van der Waals surface area contributed by atoms with Gasteiger partial charge in [-0.3, -0.25) is 9.59 Å². The standard InChI is InChI=1S/C22H26N2O4/c1-27-13-5-12-23-22(26)18-14-21(25)24(15-18)19-8-10-20(11-9-19)28-16-17-6-3-2-4-7-17/h2-4,6-11,18H,5,12-16H2,1H3,(H,23,26). The summed E-state index contributed by atoms with van der Waals surface area (Å²) in [5, 5.41) is 2.88. The first-order valence-electron chi connectivity index (χ1n) is 9.51. The van der Waals surface area contributed by atoms with E-state index in [4.69, 9.17) is 9.47 Å². The molecule has 1 aliphatic rings. The lowest BCUT2D eigenvalue weighted by Gasteiger charge is -2.17. The molecule has 148 valence electrons. The lowest BCUT2D eigenvalue weighted by Crippen LogP contribution is -2.33. The molecule has 1 saturated heterocycles. The molecule has 2 amide bonds. The van der Waals surface area contributed by atoms with Gasteiger partial charge < -0.3 is 19.7 Å². The van der Waals surface area contributed by atoms with Crippen LogP contribution in [-0.4, -0.2) is 38.6 Å². The van der Waals surface area contributed by atoms with Gasteiger partial charge in [0, 0.05) is 38.9 Å². The van der Waals surface area contributed by atoms with E-state index in [0.29, 0.717) is 26.3 Å². The smallest absolute Gasteiger partial charge is 0.227 e. The highest BCUT2D eigenvalue weighted by Crippen LogP contribution is 2.27. The fourth-order valence-electron chi connectivity index (χ4n) is 3.17. The molecule has 6 nitrogen and oxygen atoms in total. The van der Waals surface area contributed by atoms with E-state index in [1.165, 1.54) is 0 Å². The summed E-state index contributed by atoms with van der Waals surface area (Å²) in [6, 6.07) is 17.4. The van der Waals surface area contributed by atoms with Crippen LogP contribution in [0.2, 0.25) is 0 Å². The molecule has 3 rings (SSSR count). The van der Waals surface area contributed by atoms with Crippen LogP contribution in [-0.2, 0) is 20.9 Å². The first kappa shape index (κ1) is 19.9. The average Bonchev–Trinajstić information content (AvgIpc) is 3.12. The van der Waals surface area contributed by atoms with Gasteiger partial charge >= 0.3 is 0 Å². The van der Waals surface area contributed by atoms with Crippen LogP contribution in [0.1, 0.15) is 18.4 Å². The Kier molecular flexibility index (Phi) is 7.03. The van der Waals surface area contributed by atoms with Gasteiger partial charge in [-0.05, 0) is 36.2 Å². The molecule has 28 heavy (non-hydrogen) atoms. The van der Waals surface area contributed by atoms with Gasteiger partial charge in [0.15, 0.2) is 0 Å². The molecule has 2 aromatic carbocycles. The van der Waals surface area contributed by atoms with Crippen LogP contribution in [0.3, 0.4) is 0 Å². The summed E-state index contributed by atoms with van der Waals surface area (Å²) in [7, 11) is 1.63. The molecule has 6 heteroatoms. The van der Waals surface area contributed by atoms with Gasteiger partial charge in [0.1, 0.15) is 12.4 Å². The van der Waals surface area contributed by atoms with Gasteiger partial charge in [0.05, 0.1) is 5.92 Å². The minimum absolute atomic E-state index is 0.0324. The SMILES string of the molecule is COCCCNC(=O)C1CC(=O)N(c2ccc(OCc3ccccc3)cc2)C1. The molecule has 1 atom stereocenters. The van der Waals surface area contributed by atoms with Gasteiger partial charge in [0.2, 0.25) is 11.8 Å². The van der Waals surface area contributed by atoms with Crippen LogP contribution >= 0.6 is 0 Å². The third kappa shape index (κ3) is 5.33. The highest BCUT2D eigenvalue weighted by molar-refractivity contribution is 6.00. The number of carbonyl (C=O) groups excluding carboxylic acids is 2. The number of ether oxygens (including phenoxy) is 2. The van der Waals surface area contributed by atoms with Gasteiger partial charge in [0.25, 0.3) is 0 Å². The Balaban J connectivity index is 1.52. The summed E-state index contributed by atoms with van der Waals surface area (Å²) in [6.07, 6.45) is 0.999. The van der Waals surface area contributed by atoms with Crippen molar-refractivity contribution in [3.8, 4) is 5.75 Å².